The van der Waals surface area contributed by atoms with Crippen molar-refractivity contribution in [2.75, 3.05) is 24.9 Å². The summed E-state index contributed by atoms with van der Waals surface area (Å²) in [6, 6.07) is 7.62. The number of rotatable bonds is 10. The molecule has 2 unspecified atom stereocenters. The zero-order valence-electron chi connectivity index (χ0n) is 17.0. The molecule has 0 aliphatic carbocycles. The molecule has 3 aromatic rings. The van der Waals surface area contributed by atoms with Crippen LogP contribution in [0.15, 0.2) is 40.5 Å². The van der Waals surface area contributed by atoms with Gasteiger partial charge in [-0.05, 0) is 32.0 Å². The molecule has 31 heavy (non-hydrogen) atoms. The quantitative estimate of drug-likeness (QED) is 0.262. The topological polar surface area (TPSA) is 88.1 Å². The summed E-state index contributed by atoms with van der Waals surface area (Å²) in [4.78, 5) is 14.0. The molecule has 0 amide bonds. The van der Waals surface area contributed by atoms with Crippen molar-refractivity contribution in [2.24, 2.45) is 0 Å². The number of hydrogen-bond donors (Lipinski definition) is 1. The maximum absolute atomic E-state index is 12.3. The van der Waals surface area contributed by atoms with Crippen molar-refractivity contribution in [3.05, 3.63) is 30.6 Å². The Labute approximate surface area is 183 Å². The standard InChI is InChI=1S/C19H23F3N5O2PS/c1-3-28-13-5-4-6-14(7-13)31-17-15-16(25-18(23)26-17)27(10-24-15)8-12(2)29-11-30-9-19(20,21)22/h4-7,10,12,30H,3,8-9,11H2,1-2H3,(H2,23,25,26). The molecule has 1 aromatic carbocycles. The van der Waals surface area contributed by atoms with Crippen molar-refractivity contribution in [1.29, 1.82) is 0 Å². The van der Waals surface area contributed by atoms with Gasteiger partial charge >= 0.3 is 6.18 Å². The van der Waals surface area contributed by atoms with Crippen LogP contribution in [-0.4, -0.2) is 50.9 Å². The molecular formula is C19H23F3N5O2PS. The molecule has 0 aliphatic rings. The maximum Gasteiger partial charge on any atom is 0.392 e. The molecule has 0 saturated heterocycles. The van der Waals surface area contributed by atoms with Crippen LogP contribution in [0.25, 0.3) is 11.2 Å². The SMILES string of the molecule is CCOc1cccc(Sc2nc(N)nc3c2ncn3CC(C)OCPCC(F)(F)F)c1. The van der Waals surface area contributed by atoms with Crippen LogP contribution in [0.1, 0.15) is 13.8 Å². The van der Waals surface area contributed by atoms with E-state index >= 15 is 0 Å². The molecule has 0 spiro atoms. The van der Waals surface area contributed by atoms with E-state index in [2.05, 4.69) is 15.0 Å². The van der Waals surface area contributed by atoms with Gasteiger partial charge in [0.1, 0.15) is 16.3 Å². The van der Waals surface area contributed by atoms with E-state index in [9.17, 15) is 13.2 Å². The van der Waals surface area contributed by atoms with Crippen LogP contribution < -0.4 is 10.5 Å². The van der Waals surface area contributed by atoms with Crippen molar-refractivity contribution in [2.45, 2.75) is 42.6 Å². The number of hydrogen-bond acceptors (Lipinski definition) is 7. The van der Waals surface area contributed by atoms with Crippen LogP contribution in [0.4, 0.5) is 19.1 Å². The van der Waals surface area contributed by atoms with Crippen molar-refractivity contribution >= 4 is 37.5 Å². The second-order valence-corrected chi connectivity index (χ2v) is 8.83. The van der Waals surface area contributed by atoms with Gasteiger partial charge in [0.2, 0.25) is 5.95 Å². The lowest BCUT2D eigenvalue weighted by Crippen LogP contribution is -2.17. The first-order valence-corrected chi connectivity index (χ1v) is 11.8. The Morgan fingerprint density at radius 2 is 2.10 bits per heavy atom. The normalized spacial score (nSPS) is 13.3. The molecule has 3 rings (SSSR count). The van der Waals surface area contributed by atoms with Crippen molar-refractivity contribution in [3.63, 3.8) is 0 Å². The highest BCUT2D eigenvalue weighted by Crippen LogP contribution is 2.33. The number of alkyl halides is 3. The van der Waals surface area contributed by atoms with Gasteiger partial charge in [-0.2, -0.15) is 18.2 Å². The average molecular weight is 473 g/mol. The molecular weight excluding hydrogens is 450 g/mol. The van der Waals surface area contributed by atoms with Gasteiger partial charge in [-0.3, -0.25) is 0 Å². The minimum atomic E-state index is -4.16. The molecule has 0 radical (unpaired) electrons. The van der Waals surface area contributed by atoms with E-state index < -0.39 is 12.3 Å². The average Bonchev–Trinajstić information content (AvgIpc) is 3.08. The highest BCUT2D eigenvalue weighted by molar-refractivity contribution is 7.99. The van der Waals surface area contributed by atoms with E-state index in [0.717, 1.165) is 10.6 Å². The summed E-state index contributed by atoms with van der Waals surface area (Å²) in [6.07, 6.45) is -3.63. The summed E-state index contributed by atoms with van der Waals surface area (Å²) in [6.45, 7) is 4.67. The highest BCUT2D eigenvalue weighted by atomic mass is 32.2. The number of anilines is 1. The zero-order valence-corrected chi connectivity index (χ0v) is 18.8. The van der Waals surface area contributed by atoms with E-state index in [4.69, 9.17) is 15.2 Å². The summed E-state index contributed by atoms with van der Waals surface area (Å²) < 4.78 is 49.6. The Morgan fingerprint density at radius 1 is 1.29 bits per heavy atom. The fraction of sp³-hybridized carbons (Fsp3) is 0.421. The molecule has 12 heteroatoms. The van der Waals surface area contributed by atoms with Gasteiger partial charge in [0.15, 0.2) is 5.65 Å². The highest BCUT2D eigenvalue weighted by Gasteiger charge is 2.26. The molecule has 2 N–H and O–H groups in total. The third-order valence-corrected chi connectivity index (χ3v) is 6.02. The van der Waals surface area contributed by atoms with Gasteiger partial charge < -0.3 is 19.8 Å². The molecule has 7 nitrogen and oxygen atoms in total. The van der Waals surface area contributed by atoms with Gasteiger partial charge in [0.05, 0.1) is 38.1 Å². The number of fused-ring (bicyclic) bond motifs is 1. The summed E-state index contributed by atoms with van der Waals surface area (Å²) in [5.41, 5.74) is 7.05. The molecule has 0 bridgehead atoms. The predicted octanol–water partition coefficient (Wildman–Crippen LogP) is 4.56. The fourth-order valence-electron chi connectivity index (χ4n) is 2.77. The number of imidazole rings is 1. The van der Waals surface area contributed by atoms with Gasteiger partial charge in [-0.1, -0.05) is 26.4 Å². The maximum atomic E-state index is 12.3. The van der Waals surface area contributed by atoms with Crippen molar-refractivity contribution in [3.8, 4) is 5.75 Å². The van der Waals surface area contributed by atoms with Crippen molar-refractivity contribution in [1.82, 2.24) is 19.5 Å². The molecule has 2 aromatic heterocycles. The summed E-state index contributed by atoms with van der Waals surface area (Å²) in [7, 11) is -0.327. The summed E-state index contributed by atoms with van der Waals surface area (Å²) in [5, 5.41) is 0.607. The third-order valence-electron chi connectivity index (χ3n) is 4.03. The van der Waals surface area contributed by atoms with Crippen LogP contribution in [0.5, 0.6) is 5.75 Å². The zero-order chi connectivity index (χ0) is 22.4. The van der Waals surface area contributed by atoms with Crippen LogP contribution in [-0.2, 0) is 11.3 Å². The van der Waals surface area contributed by atoms with E-state index in [1.165, 1.54) is 11.8 Å². The Morgan fingerprint density at radius 3 is 2.84 bits per heavy atom. The predicted molar refractivity (Wildman–Crippen MR) is 116 cm³/mol. The summed E-state index contributed by atoms with van der Waals surface area (Å²) >= 11 is 1.40. The first-order chi connectivity index (χ1) is 14.7. The second-order valence-electron chi connectivity index (χ2n) is 6.63. The first kappa shape index (κ1) is 23.6. The second kappa shape index (κ2) is 10.5. The van der Waals surface area contributed by atoms with E-state index in [0.29, 0.717) is 29.3 Å². The lowest BCUT2D eigenvalue weighted by Gasteiger charge is -2.14. The number of aromatic nitrogens is 4. The lowest BCUT2D eigenvalue weighted by molar-refractivity contribution is -0.106. The molecule has 0 fully saturated rings. The van der Waals surface area contributed by atoms with Crippen LogP contribution in [0.3, 0.4) is 0 Å². The number of nitrogens with two attached hydrogens (primary N) is 1. The Bertz CT molecular complexity index is 1020. The lowest BCUT2D eigenvalue weighted by atomic mass is 10.3. The number of halogens is 3. The van der Waals surface area contributed by atoms with E-state index in [1.54, 1.807) is 17.8 Å². The number of nitrogens with zero attached hydrogens (tertiary/aromatic N) is 4. The van der Waals surface area contributed by atoms with Gasteiger partial charge in [-0.25, -0.2) is 9.97 Å². The van der Waals surface area contributed by atoms with Crippen LogP contribution >= 0.6 is 20.3 Å². The van der Waals surface area contributed by atoms with Crippen LogP contribution in [0, 0.1) is 0 Å². The third kappa shape index (κ3) is 6.95. The molecule has 168 valence electrons. The number of ether oxygens (including phenoxy) is 2. The Hall–Kier alpha value is -2.10. The van der Waals surface area contributed by atoms with Crippen LogP contribution in [0.2, 0.25) is 0 Å². The minimum Gasteiger partial charge on any atom is -0.494 e. The van der Waals surface area contributed by atoms with Gasteiger partial charge in [0.25, 0.3) is 0 Å². The Balaban J connectivity index is 1.71. The number of benzene rings is 1. The monoisotopic (exact) mass is 473 g/mol. The van der Waals surface area contributed by atoms with E-state index in [-0.39, 0.29) is 27.0 Å². The molecule has 2 atom stereocenters. The Kier molecular flexibility index (Phi) is 7.96. The summed E-state index contributed by atoms with van der Waals surface area (Å²) in [5.74, 6) is 0.867. The molecule has 0 saturated carbocycles. The smallest absolute Gasteiger partial charge is 0.392 e. The van der Waals surface area contributed by atoms with Crippen molar-refractivity contribution < 1.29 is 22.6 Å². The minimum absolute atomic E-state index is 0.0572. The first-order valence-electron chi connectivity index (χ1n) is 9.53. The van der Waals surface area contributed by atoms with E-state index in [1.807, 2.05) is 31.2 Å². The number of nitrogen functional groups attached to an aromatic ring is 1. The fourth-order valence-corrected chi connectivity index (χ4v) is 4.48. The largest absolute Gasteiger partial charge is 0.494 e. The van der Waals surface area contributed by atoms with Gasteiger partial charge in [0, 0.05) is 4.90 Å². The van der Waals surface area contributed by atoms with Gasteiger partial charge in [-0.15, -0.1) is 0 Å². The molecule has 2 heterocycles. The molecule has 0 aliphatic heterocycles.